The molecule has 4 heteroatoms. The molecule has 0 aromatic carbocycles. The van der Waals surface area contributed by atoms with Gasteiger partial charge in [-0.05, 0) is 0 Å². The van der Waals surface area contributed by atoms with Gasteiger partial charge in [-0.25, -0.2) is 0 Å². The minimum absolute atomic E-state index is 0. The molecule has 22 valence electrons. The van der Waals surface area contributed by atoms with Crippen molar-refractivity contribution < 1.29 is 2.81 Å². The molecular weight excluding hydrogens is 289 g/mol. The largest absolute Gasteiger partial charge is 0 e. The zero-order valence-electron chi connectivity index (χ0n) is 1.73. The summed E-state index contributed by atoms with van der Waals surface area (Å²) in [5, 5.41) is 0. The first kappa shape index (κ1) is 8.95. The van der Waals surface area contributed by atoms with Crippen molar-refractivity contribution in [3.8, 4) is 0 Å². The number of hydrogen-bond acceptors (Lipinski definition) is 1. The number of hydrogen-bond donors (Lipinski definition) is 0. The molecule has 0 saturated heterocycles. The van der Waals surface area contributed by atoms with Crippen LogP contribution in [0.15, 0.2) is 0 Å². The molecule has 0 bridgehead atoms. The van der Waals surface area contributed by atoms with E-state index in [0.29, 0.717) is 0 Å². The van der Waals surface area contributed by atoms with Crippen LogP contribution < -0.4 is 0 Å². The van der Waals surface area contributed by atoms with Gasteiger partial charge in [0.1, 0.15) is 0 Å². The fraction of sp³-hybridized carbons (Fsp3) is 0. The maximum Gasteiger partial charge on any atom is 0 e. The Morgan fingerprint density at radius 1 is 1.75 bits per heavy atom. The van der Waals surface area contributed by atoms with Crippen molar-refractivity contribution in [2.24, 2.45) is 0 Å². The minimum atomic E-state index is -1.61. The Kier molecular flexibility index (Phi) is 19.9. The summed E-state index contributed by atoms with van der Waals surface area (Å²) in [6, 6.07) is 0. The standard InChI is InChI=1S/Bi.ClH.O.Si/h;1H;;/q+1;;;/p-1. The van der Waals surface area contributed by atoms with Gasteiger partial charge in [-0.1, -0.05) is 0 Å². The molecule has 0 fully saturated rings. The molecule has 0 aromatic heterocycles. The van der Waals surface area contributed by atoms with Gasteiger partial charge in [-0.2, -0.15) is 0 Å². The quantitative estimate of drug-likeness (QED) is 0.565. The van der Waals surface area contributed by atoms with Crippen molar-refractivity contribution in [2.45, 2.75) is 0 Å². The van der Waals surface area contributed by atoms with E-state index in [1.165, 1.54) is 0 Å². The second-order valence-corrected chi connectivity index (χ2v) is 1.82. The smallest absolute Gasteiger partial charge is 0 e. The third-order valence-electron chi connectivity index (χ3n) is 0. The SMILES string of the molecule is [O]=[Bi][Cl].[Si]. The van der Waals surface area contributed by atoms with Crippen molar-refractivity contribution in [3.05, 3.63) is 0 Å². The zero-order chi connectivity index (χ0) is 2.71. The van der Waals surface area contributed by atoms with Gasteiger partial charge in [0.2, 0.25) is 0 Å². The summed E-state index contributed by atoms with van der Waals surface area (Å²) < 4.78 is 8.88. The molecule has 0 aliphatic carbocycles. The van der Waals surface area contributed by atoms with Gasteiger partial charge in [0.15, 0.2) is 0 Å². The van der Waals surface area contributed by atoms with Crippen molar-refractivity contribution in [1.82, 2.24) is 0 Å². The first-order valence-corrected chi connectivity index (χ1v) is 6.05. The summed E-state index contributed by atoms with van der Waals surface area (Å²) in [7, 11) is 4.62. The van der Waals surface area contributed by atoms with Crippen LogP contribution in [0, 0.1) is 0 Å². The normalized spacial score (nSPS) is 3.25. The third-order valence-corrected chi connectivity index (χ3v) is 0. The van der Waals surface area contributed by atoms with Gasteiger partial charge >= 0.3 is 33.4 Å². The average Bonchev–Trinajstić information content (AvgIpc) is 0.918. The Morgan fingerprint density at radius 2 is 1.75 bits per heavy atom. The van der Waals surface area contributed by atoms with Gasteiger partial charge in [-0.3, -0.25) is 0 Å². The van der Waals surface area contributed by atoms with E-state index in [1.54, 1.807) is 0 Å². The van der Waals surface area contributed by atoms with Gasteiger partial charge in [-0.15, -0.1) is 0 Å². The van der Waals surface area contributed by atoms with Crippen molar-refractivity contribution >= 4 is 41.5 Å². The van der Waals surface area contributed by atoms with E-state index >= 15 is 0 Å². The van der Waals surface area contributed by atoms with Crippen LogP contribution in [0.2, 0.25) is 0 Å². The van der Waals surface area contributed by atoms with Crippen molar-refractivity contribution in [3.63, 3.8) is 0 Å². The van der Waals surface area contributed by atoms with Crippen LogP contribution in [0.5, 0.6) is 0 Å². The maximum absolute atomic E-state index is 8.88. The molecule has 0 atom stereocenters. The van der Waals surface area contributed by atoms with E-state index in [1.807, 2.05) is 0 Å². The first-order chi connectivity index (χ1) is 1.41. The Labute approximate surface area is 44.3 Å². The van der Waals surface area contributed by atoms with Gasteiger partial charge < -0.3 is 0 Å². The third kappa shape index (κ3) is 10.8. The van der Waals surface area contributed by atoms with E-state index in [4.69, 9.17) is 2.81 Å². The van der Waals surface area contributed by atoms with Crippen LogP contribution in [0.3, 0.4) is 0 Å². The van der Waals surface area contributed by atoms with Gasteiger partial charge in [0.25, 0.3) is 0 Å². The van der Waals surface area contributed by atoms with Gasteiger partial charge in [0.05, 0.1) is 0 Å². The van der Waals surface area contributed by atoms with E-state index in [0.717, 1.165) is 0 Å². The molecule has 4 radical (unpaired) electrons. The van der Waals surface area contributed by atoms with Crippen molar-refractivity contribution in [2.75, 3.05) is 0 Å². The maximum atomic E-state index is 8.88. The molecule has 0 N–H and O–H groups in total. The Morgan fingerprint density at radius 3 is 1.75 bits per heavy atom. The summed E-state index contributed by atoms with van der Waals surface area (Å²) >= 11 is -1.61. The molecule has 4 heavy (non-hydrogen) atoms. The molecule has 0 aromatic rings. The number of halogens is 1. The van der Waals surface area contributed by atoms with E-state index < -0.39 is 22.0 Å². The summed E-state index contributed by atoms with van der Waals surface area (Å²) in [4.78, 5) is 0. The molecular formula is BiClOSi. The van der Waals surface area contributed by atoms with Crippen LogP contribution in [0.1, 0.15) is 0 Å². The van der Waals surface area contributed by atoms with Gasteiger partial charge in [0, 0.05) is 11.0 Å². The second kappa shape index (κ2) is 8.89. The molecule has 0 heterocycles. The fourth-order valence-electron chi connectivity index (χ4n) is 0. The van der Waals surface area contributed by atoms with Crippen molar-refractivity contribution in [1.29, 1.82) is 0 Å². The molecule has 1 nitrogen and oxygen atoms in total. The van der Waals surface area contributed by atoms with Crippen LogP contribution in [-0.2, 0) is 2.81 Å². The van der Waals surface area contributed by atoms with E-state index in [2.05, 4.69) is 8.51 Å². The van der Waals surface area contributed by atoms with Crippen LogP contribution in [-0.4, -0.2) is 33.0 Å². The summed E-state index contributed by atoms with van der Waals surface area (Å²) in [6.45, 7) is 0. The molecule has 0 aliphatic heterocycles. The molecule has 0 amide bonds. The second-order valence-electron chi connectivity index (χ2n) is 0.0690. The topological polar surface area (TPSA) is 17.1 Å². The monoisotopic (exact) mass is 288 g/mol. The predicted octanol–water partition coefficient (Wildman–Crippen LogP) is -0.191. The van der Waals surface area contributed by atoms with Crippen LogP contribution in [0.4, 0.5) is 0 Å². The Balaban J connectivity index is 0. The summed E-state index contributed by atoms with van der Waals surface area (Å²) in [5.41, 5.74) is 0. The zero-order valence-corrected chi connectivity index (χ0v) is 6.97. The molecule has 0 aliphatic rings. The molecule has 0 spiro atoms. The fourth-order valence-corrected chi connectivity index (χ4v) is 0. The first-order valence-electron chi connectivity index (χ1n) is 0.352. The Hall–Kier alpha value is 1.19. The van der Waals surface area contributed by atoms with Crippen LogP contribution >= 0.6 is 8.51 Å². The molecule has 0 unspecified atom stereocenters. The average molecular weight is 289 g/mol. The molecule has 0 saturated carbocycles. The van der Waals surface area contributed by atoms with E-state index in [9.17, 15) is 0 Å². The Bertz CT molecular complexity index is 15.5. The molecule has 0 rings (SSSR count). The van der Waals surface area contributed by atoms with E-state index in [-0.39, 0.29) is 11.0 Å². The summed E-state index contributed by atoms with van der Waals surface area (Å²) in [6.07, 6.45) is 0. The minimum Gasteiger partial charge on any atom is 0 e. The number of rotatable bonds is 0. The predicted molar refractivity (Wildman–Crippen MR) is 18.0 cm³/mol. The van der Waals surface area contributed by atoms with Crippen LogP contribution in [0.25, 0.3) is 0 Å². The summed E-state index contributed by atoms with van der Waals surface area (Å²) in [5.74, 6) is 0.